The fourth-order valence-electron chi connectivity index (χ4n) is 2.99. The fraction of sp³-hybridized carbons (Fsp3) is 0.526. The molecule has 1 unspecified atom stereocenters. The number of rotatable bonds is 9. The number of nitrogens with one attached hydrogen (secondary N) is 1. The van der Waals surface area contributed by atoms with Gasteiger partial charge < -0.3 is 15.0 Å². The monoisotopic (exact) mass is 488 g/mol. The van der Waals surface area contributed by atoms with E-state index in [1.807, 2.05) is 6.92 Å². The summed E-state index contributed by atoms with van der Waals surface area (Å²) in [5.74, 6) is -1.58. The standard InChI is InChI=1S/C19H25BrN2O6S/c1-2-3-9-22(16-8-10-29(26,27)13-16)17(23)12-28-18(24)11-21-19(25)14-4-6-15(20)7-5-14/h4-7,16H,2-3,8-13H2,1H3,(H,21,25). The molecule has 160 valence electrons. The zero-order valence-corrected chi connectivity index (χ0v) is 18.6. The van der Waals surface area contributed by atoms with Crippen LogP contribution in [0.5, 0.6) is 0 Å². The van der Waals surface area contributed by atoms with Gasteiger partial charge in [-0.2, -0.15) is 0 Å². The molecular weight excluding hydrogens is 464 g/mol. The smallest absolute Gasteiger partial charge is 0.325 e. The van der Waals surface area contributed by atoms with E-state index in [4.69, 9.17) is 4.74 Å². The summed E-state index contributed by atoms with van der Waals surface area (Å²) in [6.45, 7) is 1.55. The fourth-order valence-corrected chi connectivity index (χ4v) is 4.99. The first-order valence-corrected chi connectivity index (χ1v) is 12.0. The predicted octanol–water partition coefficient (Wildman–Crippen LogP) is 1.54. The molecule has 1 heterocycles. The molecular formula is C19H25BrN2O6S. The molecule has 0 bridgehead atoms. The first kappa shape index (κ1) is 23.3. The summed E-state index contributed by atoms with van der Waals surface area (Å²) in [6.07, 6.45) is 1.99. The Morgan fingerprint density at radius 1 is 1.24 bits per heavy atom. The van der Waals surface area contributed by atoms with Crippen LogP contribution in [0.3, 0.4) is 0 Å². The Kier molecular flexibility index (Phi) is 8.63. The molecule has 0 radical (unpaired) electrons. The lowest BCUT2D eigenvalue weighted by atomic mass is 10.2. The Hall–Kier alpha value is -1.94. The van der Waals surface area contributed by atoms with Crippen LogP contribution in [-0.4, -0.2) is 68.3 Å². The Balaban J connectivity index is 1.82. The predicted molar refractivity (Wildman–Crippen MR) is 111 cm³/mol. The SMILES string of the molecule is CCCCN(C(=O)COC(=O)CNC(=O)c1ccc(Br)cc1)C1CCS(=O)(=O)C1. The van der Waals surface area contributed by atoms with Gasteiger partial charge in [0.15, 0.2) is 16.4 Å². The van der Waals surface area contributed by atoms with E-state index in [9.17, 15) is 22.8 Å². The highest BCUT2D eigenvalue weighted by atomic mass is 79.9. The number of ether oxygens (including phenoxy) is 1. The molecule has 8 nitrogen and oxygen atoms in total. The molecule has 1 N–H and O–H groups in total. The number of sulfone groups is 1. The first-order chi connectivity index (χ1) is 13.7. The van der Waals surface area contributed by atoms with Crippen molar-refractivity contribution in [3.8, 4) is 0 Å². The molecule has 1 aromatic carbocycles. The number of carbonyl (C=O) groups is 3. The van der Waals surface area contributed by atoms with Crippen molar-refractivity contribution in [2.75, 3.05) is 31.2 Å². The molecule has 1 aromatic rings. The highest BCUT2D eigenvalue weighted by Gasteiger charge is 2.34. The molecule has 2 rings (SSSR count). The molecule has 10 heteroatoms. The summed E-state index contributed by atoms with van der Waals surface area (Å²) >= 11 is 3.27. The molecule has 1 aliphatic rings. The van der Waals surface area contributed by atoms with E-state index in [-0.39, 0.29) is 24.1 Å². The third kappa shape index (κ3) is 7.43. The van der Waals surface area contributed by atoms with Crippen LogP contribution in [0.25, 0.3) is 0 Å². The number of hydrogen-bond acceptors (Lipinski definition) is 6. The van der Waals surface area contributed by atoms with Gasteiger partial charge in [0.1, 0.15) is 6.54 Å². The zero-order chi connectivity index (χ0) is 21.4. The van der Waals surface area contributed by atoms with Crippen molar-refractivity contribution in [3.63, 3.8) is 0 Å². The summed E-state index contributed by atoms with van der Waals surface area (Å²) in [6, 6.07) is 6.25. The normalized spacial score (nSPS) is 17.5. The van der Waals surface area contributed by atoms with Gasteiger partial charge in [0.2, 0.25) is 0 Å². The van der Waals surface area contributed by atoms with Crippen LogP contribution in [0.15, 0.2) is 28.7 Å². The van der Waals surface area contributed by atoms with Gasteiger partial charge in [-0.3, -0.25) is 14.4 Å². The number of benzene rings is 1. The van der Waals surface area contributed by atoms with Crippen molar-refractivity contribution >= 4 is 43.6 Å². The topological polar surface area (TPSA) is 110 Å². The summed E-state index contributed by atoms with van der Waals surface area (Å²) in [5.41, 5.74) is 0.394. The minimum atomic E-state index is -3.13. The van der Waals surface area contributed by atoms with Crippen molar-refractivity contribution in [1.29, 1.82) is 0 Å². The van der Waals surface area contributed by atoms with Gasteiger partial charge in [0.05, 0.1) is 11.5 Å². The summed E-state index contributed by atoms with van der Waals surface area (Å²) in [7, 11) is -3.13. The van der Waals surface area contributed by atoms with Crippen LogP contribution >= 0.6 is 15.9 Å². The Labute approximate surface area is 179 Å². The van der Waals surface area contributed by atoms with E-state index >= 15 is 0 Å². The molecule has 1 fully saturated rings. The largest absolute Gasteiger partial charge is 0.454 e. The molecule has 0 aliphatic carbocycles. The van der Waals surface area contributed by atoms with Gasteiger partial charge in [0.25, 0.3) is 11.8 Å². The number of amides is 2. The maximum Gasteiger partial charge on any atom is 0.325 e. The molecule has 0 spiro atoms. The minimum Gasteiger partial charge on any atom is -0.454 e. The number of nitrogens with zero attached hydrogens (tertiary/aromatic N) is 1. The molecule has 0 saturated carbocycles. The second-order valence-corrected chi connectivity index (χ2v) is 9.99. The van der Waals surface area contributed by atoms with Crippen LogP contribution in [0.4, 0.5) is 0 Å². The van der Waals surface area contributed by atoms with E-state index in [0.717, 1.165) is 17.3 Å². The Bertz CT molecular complexity index is 841. The van der Waals surface area contributed by atoms with Gasteiger partial charge in [-0.25, -0.2) is 8.42 Å². The second kappa shape index (κ2) is 10.7. The third-order valence-corrected chi connectivity index (χ3v) is 6.86. The van der Waals surface area contributed by atoms with E-state index in [1.54, 1.807) is 24.3 Å². The molecule has 1 aliphatic heterocycles. The lowest BCUT2D eigenvalue weighted by Crippen LogP contribution is -2.44. The highest BCUT2D eigenvalue weighted by Crippen LogP contribution is 2.18. The maximum atomic E-state index is 12.5. The van der Waals surface area contributed by atoms with Crippen molar-refractivity contribution < 1.29 is 27.5 Å². The van der Waals surface area contributed by atoms with Gasteiger partial charge in [-0.05, 0) is 37.1 Å². The van der Waals surface area contributed by atoms with Crippen LogP contribution in [0.2, 0.25) is 0 Å². The molecule has 29 heavy (non-hydrogen) atoms. The van der Waals surface area contributed by atoms with Gasteiger partial charge in [0, 0.05) is 22.6 Å². The maximum absolute atomic E-state index is 12.5. The summed E-state index contributed by atoms with van der Waals surface area (Å²) in [5, 5.41) is 2.44. The van der Waals surface area contributed by atoms with Crippen LogP contribution in [0, 0.1) is 0 Å². The molecule has 1 saturated heterocycles. The van der Waals surface area contributed by atoms with Crippen molar-refractivity contribution in [1.82, 2.24) is 10.2 Å². The van der Waals surface area contributed by atoms with Crippen LogP contribution in [0.1, 0.15) is 36.5 Å². The summed E-state index contributed by atoms with van der Waals surface area (Å²) in [4.78, 5) is 37.9. The van der Waals surface area contributed by atoms with Gasteiger partial charge >= 0.3 is 5.97 Å². The minimum absolute atomic E-state index is 0.0559. The van der Waals surface area contributed by atoms with E-state index < -0.39 is 34.2 Å². The van der Waals surface area contributed by atoms with Crippen molar-refractivity contribution in [2.45, 2.75) is 32.2 Å². The van der Waals surface area contributed by atoms with Gasteiger partial charge in [-0.15, -0.1) is 0 Å². The van der Waals surface area contributed by atoms with Crippen LogP contribution in [-0.2, 0) is 24.2 Å². The number of unbranched alkanes of at least 4 members (excludes halogenated alkanes) is 1. The number of carbonyl (C=O) groups excluding carboxylic acids is 3. The molecule has 1 atom stereocenters. The average molecular weight is 489 g/mol. The Morgan fingerprint density at radius 2 is 1.93 bits per heavy atom. The van der Waals surface area contributed by atoms with Crippen LogP contribution < -0.4 is 5.32 Å². The zero-order valence-electron chi connectivity index (χ0n) is 16.2. The number of esters is 1. The highest BCUT2D eigenvalue weighted by molar-refractivity contribution is 9.10. The number of hydrogen-bond donors (Lipinski definition) is 1. The summed E-state index contributed by atoms with van der Waals surface area (Å²) < 4.78 is 29.3. The van der Waals surface area contributed by atoms with Gasteiger partial charge in [-0.1, -0.05) is 29.3 Å². The van der Waals surface area contributed by atoms with E-state index in [0.29, 0.717) is 18.5 Å². The second-order valence-electron chi connectivity index (χ2n) is 6.85. The lowest BCUT2D eigenvalue weighted by molar-refractivity contribution is -0.152. The van der Waals surface area contributed by atoms with Crippen molar-refractivity contribution in [2.24, 2.45) is 0 Å². The first-order valence-electron chi connectivity index (χ1n) is 9.41. The quantitative estimate of drug-likeness (QED) is 0.527. The molecule has 0 aromatic heterocycles. The van der Waals surface area contributed by atoms with Crippen molar-refractivity contribution in [3.05, 3.63) is 34.3 Å². The van der Waals surface area contributed by atoms with E-state index in [2.05, 4.69) is 21.2 Å². The Morgan fingerprint density at radius 3 is 2.52 bits per heavy atom. The third-order valence-electron chi connectivity index (χ3n) is 4.58. The molecule has 2 amide bonds. The van der Waals surface area contributed by atoms with E-state index in [1.165, 1.54) is 4.90 Å². The lowest BCUT2D eigenvalue weighted by Gasteiger charge is -2.28. The number of halogens is 1. The average Bonchev–Trinajstić information content (AvgIpc) is 3.04.